The molecule has 256 valence electrons. The molecule has 0 aliphatic heterocycles. The zero-order valence-electron chi connectivity index (χ0n) is 29.9. The largest absolute Gasteiger partial charge is 0.313 e. The fraction of sp³-hybridized carbons (Fsp3) is 0.0385. The third-order valence-electron chi connectivity index (χ3n) is 10.9. The van der Waals surface area contributed by atoms with E-state index >= 15 is 0 Å². The standard InChI is InChI=1S/C52H38N2/c1-3-11-37(12-4-1)40-23-29-46(30-24-40)53(48-33-27-38-13-7-8-14-43(38)35-48)47-31-25-41(26-32-47)39-19-21-42(22-20-39)44-28-34-52-50(36-44)49-17-9-10-18-51(49)54(52)45-15-5-2-6-16-45/h1-27,29-33,35-36H,28,34H2. The summed E-state index contributed by atoms with van der Waals surface area (Å²) in [7, 11) is 0. The minimum absolute atomic E-state index is 1.01. The van der Waals surface area contributed by atoms with Gasteiger partial charge in [-0.05, 0) is 118 Å². The molecule has 10 rings (SSSR count). The van der Waals surface area contributed by atoms with Crippen molar-refractivity contribution in [2.45, 2.75) is 12.8 Å². The average molecular weight is 691 g/mol. The lowest BCUT2D eigenvalue weighted by molar-refractivity contribution is 0.898. The molecule has 8 aromatic carbocycles. The van der Waals surface area contributed by atoms with Crippen molar-refractivity contribution >= 4 is 50.4 Å². The molecule has 0 atom stereocenters. The number of fused-ring (bicyclic) bond motifs is 4. The first-order valence-corrected chi connectivity index (χ1v) is 18.8. The number of anilines is 3. The monoisotopic (exact) mass is 690 g/mol. The van der Waals surface area contributed by atoms with Crippen LogP contribution in [0.4, 0.5) is 17.1 Å². The summed E-state index contributed by atoms with van der Waals surface area (Å²) in [5.74, 6) is 0. The van der Waals surface area contributed by atoms with Crippen molar-refractivity contribution < 1.29 is 0 Å². The first kappa shape index (κ1) is 31.8. The number of nitrogens with zero attached hydrogens (tertiary/aromatic N) is 2. The van der Waals surface area contributed by atoms with E-state index in [1.807, 2.05) is 0 Å². The molecule has 0 bridgehead atoms. The van der Waals surface area contributed by atoms with Crippen LogP contribution in [0, 0.1) is 0 Å². The van der Waals surface area contributed by atoms with Crippen LogP contribution in [0.1, 0.15) is 23.2 Å². The summed E-state index contributed by atoms with van der Waals surface area (Å²) in [4.78, 5) is 2.35. The lowest BCUT2D eigenvalue weighted by atomic mass is 9.90. The van der Waals surface area contributed by atoms with E-state index < -0.39 is 0 Å². The Labute approximate surface area is 316 Å². The van der Waals surface area contributed by atoms with Gasteiger partial charge in [-0.2, -0.15) is 0 Å². The zero-order chi connectivity index (χ0) is 35.8. The van der Waals surface area contributed by atoms with E-state index in [4.69, 9.17) is 0 Å². The second kappa shape index (κ2) is 13.6. The summed E-state index contributed by atoms with van der Waals surface area (Å²) in [5.41, 5.74) is 16.1. The third-order valence-corrected chi connectivity index (χ3v) is 10.9. The van der Waals surface area contributed by atoms with E-state index in [-0.39, 0.29) is 0 Å². The molecule has 0 saturated carbocycles. The third kappa shape index (κ3) is 5.79. The summed E-state index contributed by atoms with van der Waals surface area (Å²) in [6.07, 6.45) is 4.45. The zero-order valence-corrected chi connectivity index (χ0v) is 29.9. The Morgan fingerprint density at radius 1 is 0.389 bits per heavy atom. The predicted octanol–water partition coefficient (Wildman–Crippen LogP) is 14.1. The normalized spacial score (nSPS) is 12.4. The summed E-state index contributed by atoms with van der Waals surface area (Å²) in [6, 6.07) is 72.5. The summed E-state index contributed by atoms with van der Waals surface area (Å²) >= 11 is 0. The van der Waals surface area contributed by atoms with Gasteiger partial charge in [-0.15, -0.1) is 0 Å². The van der Waals surface area contributed by atoms with Crippen molar-refractivity contribution in [3.8, 4) is 27.9 Å². The first-order valence-electron chi connectivity index (χ1n) is 18.8. The molecule has 1 aliphatic rings. The Balaban J connectivity index is 0.960. The van der Waals surface area contributed by atoms with Crippen LogP contribution in [0.2, 0.25) is 0 Å². The number of para-hydroxylation sites is 2. The lowest BCUT2D eigenvalue weighted by Gasteiger charge is -2.26. The highest BCUT2D eigenvalue weighted by atomic mass is 15.1. The van der Waals surface area contributed by atoms with Gasteiger partial charge in [0, 0.05) is 39.4 Å². The molecule has 54 heavy (non-hydrogen) atoms. The van der Waals surface area contributed by atoms with Crippen LogP contribution in [-0.4, -0.2) is 4.57 Å². The van der Waals surface area contributed by atoms with Gasteiger partial charge in [0.2, 0.25) is 0 Å². The van der Waals surface area contributed by atoms with Crippen LogP contribution in [0.5, 0.6) is 0 Å². The van der Waals surface area contributed by atoms with Crippen LogP contribution >= 0.6 is 0 Å². The lowest BCUT2D eigenvalue weighted by Crippen LogP contribution is -2.09. The number of rotatable bonds is 7. The molecule has 1 heterocycles. The maximum Gasteiger partial charge on any atom is 0.0537 e. The highest BCUT2D eigenvalue weighted by Gasteiger charge is 2.22. The van der Waals surface area contributed by atoms with Crippen LogP contribution in [-0.2, 0) is 6.42 Å². The molecule has 0 radical (unpaired) electrons. The number of aromatic nitrogens is 1. The van der Waals surface area contributed by atoms with Crippen molar-refractivity contribution in [2.24, 2.45) is 0 Å². The van der Waals surface area contributed by atoms with Crippen molar-refractivity contribution in [2.75, 3.05) is 4.90 Å². The second-order valence-corrected chi connectivity index (χ2v) is 14.1. The SMILES string of the molecule is C1=C(c2ccc(-c3ccc(N(c4ccc(-c5ccccc5)cc4)c4ccc5ccccc5c4)cc3)cc2)CCc2c1c1ccccc1n2-c1ccccc1. The van der Waals surface area contributed by atoms with Gasteiger partial charge in [0.05, 0.1) is 5.52 Å². The van der Waals surface area contributed by atoms with Crippen molar-refractivity contribution in [1.82, 2.24) is 4.57 Å². The van der Waals surface area contributed by atoms with Crippen LogP contribution < -0.4 is 4.90 Å². The number of hydrogen-bond donors (Lipinski definition) is 0. The summed E-state index contributed by atoms with van der Waals surface area (Å²) in [5, 5.41) is 3.78. The molecular weight excluding hydrogens is 653 g/mol. The van der Waals surface area contributed by atoms with Gasteiger partial charge in [-0.3, -0.25) is 0 Å². The minimum atomic E-state index is 1.01. The van der Waals surface area contributed by atoms with Crippen molar-refractivity contribution in [3.05, 3.63) is 217 Å². The molecule has 2 heteroatoms. The van der Waals surface area contributed by atoms with Gasteiger partial charge in [0.25, 0.3) is 0 Å². The molecule has 2 nitrogen and oxygen atoms in total. The first-order chi connectivity index (χ1) is 26.8. The molecule has 1 aliphatic carbocycles. The van der Waals surface area contributed by atoms with Crippen LogP contribution in [0.3, 0.4) is 0 Å². The topological polar surface area (TPSA) is 8.17 Å². The van der Waals surface area contributed by atoms with Crippen molar-refractivity contribution in [3.63, 3.8) is 0 Å². The van der Waals surface area contributed by atoms with Gasteiger partial charge in [0.1, 0.15) is 0 Å². The van der Waals surface area contributed by atoms with Gasteiger partial charge in [-0.25, -0.2) is 0 Å². The average Bonchev–Trinajstić information content (AvgIpc) is 3.59. The Bertz CT molecular complexity index is 2770. The quantitative estimate of drug-likeness (QED) is 0.162. The minimum Gasteiger partial charge on any atom is -0.313 e. The Hall–Kier alpha value is -6.90. The van der Waals surface area contributed by atoms with Crippen LogP contribution in [0.15, 0.2) is 200 Å². The fourth-order valence-corrected chi connectivity index (χ4v) is 8.20. The van der Waals surface area contributed by atoms with E-state index in [1.165, 1.54) is 72.0 Å². The second-order valence-electron chi connectivity index (χ2n) is 14.1. The number of allylic oxidation sites excluding steroid dienone is 1. The predicted molar refractivity (Wildman–Crippen MR) is 229 cm³/mol. The molecule has 1 aromatic heterocycles. The van der Waals surface area contributed by atoms with E-state index in [9.17, 15) is 0 Å². The molecule has 0 unspecified atom stereocenters. The number of hydrogen-bond acceptors (Lipinski definition) is 1. The van der Waals surface area contributed by atoms with Crippen LogP contribution in [0.25, 0.3) is 61.3 Å². The number of benzene rings is 8. The van der Waals surface area contributed by atoms with Gasteiger partial charge >= 0.3 is 0 Å². The van der Waals surface area contributed by atoms with E-state index in [2.05, 4.69) is 216 Å². The maximum absolute atomic E-state index is 2.45. The Morgan fingerprint density at radius 2 is 0.907 bits per heavy atom. The Kier molecular flexibility index (Phi) is 8.00. The fourth-order valence-electron chi connectivity index (χ4n) is 8.20. The highest BCUT2D eigenvalue weighted by molar-refractivity contribution is 5.99. The molecule has 0 saturated heterocycles. The van der Waals surface area contributed by atoms with Gasteiger partial charge < -0.3 is 9.47 Å². The molecule has 0 fully saturated rings. The van der Waals surface area contributed by atoms with E-state index in [0.29, 0.717) is 0 Å². The molecule has 9 aromatic rings. The van der Waals surface area contributed by atoms with Crippen molar-refractivity contribution in [1.29, 1.82) is 0 Å². The highest BCUT2D eigenvalue weighted by Crippen LogP contribution is 2.40. The van der Waals surface area contributed by atoms with E-state index in [0.717, 1.165) is 29.9 Å². The molecule has 0 N–H and O–H groups in total. The smallest absolute Gasteiger partial charge is 0.0537 e. The Morgan fingerprint density at radius 3 is 1.59 bits per heavy atom. The van der Waals surface area contributed by atoms with Gasteiger partial charge in [-0.1, -0.05) is 146 Å². The molecular formula is C52H38N2. The molecule has 0 amide bonds. The summed E-state index contributed by atoms with van der Waals surface area (Å²) in [6.45, 7) is 0. The molecule has 0 spiro atoms. The summed E-state index contributed by atoms with van der Waals surface area (Å²) < 4.78 is 2.45. The van der Waals surface area contributed by atoms with E-state index in [1.54, 1.807) is 0 Å². The van der Waals surface area contributed by atoms with Gasteiger partial charge in [0.15, 0.2) is 0 Å². The maximum atomic E-state index is 2.45.